The highest BCUT2D eigenvalue weighted by atomic mass is 35.5. The quantitative estimate of drug-likeness (QED) is 0.569. The first kappa shape index (κ1) is 15.7. The Kier molecular flexibility index (Phi) is 3.65. The zero-order chi connectivity index (χ0) is 15.5. The predicted octanol–water partition coefficient (Wildman–Crippen LogP) is 4.73. The molecule has 0 aromatic heterocycles. The first-order chi connectivity index (χ1) is 9.89. The maximum atomic E-state index is 6.88. The molecular formula is C15H12Cl4O2. The van der Waals surface area contributed by atoms with E-state index < -0.39 is 15.5 Å². The Labute approximate surface area is 143 Å². The Morgan fingerprint density at radius 1 is 0.905 bits per heavy atom. The van der Waals surface area contributed by atoms with Gasteiger partial charge in [-0.1, -0.05) is 53.5 Å². The van der Waals surface area contributed by atoms with Gasteiger partial charge in [0.15, 0.2) is 9.75 Å². The third kappa shape index (κ3) is 1.59. The van der Waals surface area contributed by atoms with Crippen molar-refractivity contribution in [1.29, 1.82) is 0 Å². The minimum Gasteiger partial charge on any atom is -0.349 e. The molecule has 2 aliphatic carbocycles. The number of benzene rings is 1. The summed E-state index contributed by atoms with van der Waals surface area (Å²) < 4.78 is 11.2. The van der Waals surface area contributed by atoms with Crippen molar-refractivity contribution in [2.75, 3.05) is 14.2 Å². The van der Waals surface area contributed by atoms with E-state index in [1.54, 1.807) is 6.08 Å². The fraction of sp³-hybridized carbons (Fsp3) is 0.333. The maximum absolute atomic E-state index is 6.88. The topological polar surface area (TPSA) is 18.5 Å². The summed E-state index contributed by atoms with van der Waals surface area (Å²) >= 11 is 26.3. The normalized spacial score (nSPS) is 33.5. The first-order valence-electron chi connectivity index (χ1n) is 6.22. The molecule has 3 rings (SSSR count). The lowest BCUT2D eigenvalue weighted by Crippen LogP contribution is -2.57. The number of methoxy groups -OCH3 is 2. The van der Waals surface area contributed by atoms with Gasteiger partial charge in [0.1, 0.15) is 0 Å². The molecule has 21 heavy (non-hydrogen) atoms. The highest BCUT2D eigenvalue weighted by molar-refractivity contribution is 6.55. The molecule has 2 aliphatic rings. The highest BCUT2D eigenvalue weighted by Crippen LogP contribution is 2.70. The molecule has 0 radical (unpaired) electrons. The summed E-state index contributed by atoms with van der Waals surface area (Å²) in [5.41, 5.74) is 1.61. The zero-order valence-electron chi connectivity index (χ0n) is 11.3. The van der Waals surface area contributed by atoms with Gasteiger partial charge in [0.25, 0.3) is 0 Å². The summed E-state index contributed by atoms with van der Waals surface area (Å²) in [7, 11) is 2.94. The molecule has 0 saturated carbocycles. The highest BCUT2D eigenvalue weighted by Gasteiger charge is 2.77. The molecule has 0 aliphatic heterocycles. The fourth-order valence-corrected chi connectivity index (χ4v) is 5.07. The largest absolute Gasteiger partial charge is 0.349 e. The van der Waals surface area contributed by atoms with E-state index >= 15 is 0 Å². The van der Waals surface area contributed by atoms with Crippen LogP contribution < -0.4 is 0 Å². The molecule has 1 aromatic rings. The lowest BCUT2D eigenvalue weighted by molar-refractivity contribution is -0.211. The van der Waals surface area contributed by atoms with Crippen molar-refractivity contribution in [3.05, 3.63) is 52.0 Å². The van der Waals surface area contributed by atoms with Crippen LogP contribution in [-0.4, -0.2) is 29.8 Å². The van der Waals surface area contributed by atoms with Crippen molar-refractivity contribution in [3.63, 3.8) is 0 Å². The number of rotatable bonds is 3. The van der Waals surface area contributed by atoms with Crippen LogP contribution in [0, 0.1) is 0 Å². The Bertz CT molecular complexity index is 651. The van der Waals surface area contributed by atoms with Crippen LogP contribution in [0.25, 0.3) is 5.57 Å². The number of halogens is 4. The number of hydrogen-bond donors (Lipinski definition) is 0. The van der Waals surface area contributed by atoms with E-state index in [1.165, 1.54) is 14.2 Å². The maximum Gasteiger partial charge on any atom is 0.225 e. The third-order valence-electron chi connectivity index (χ3n) is 4.12. The fourth-order valence-electron chi connectivity index (χ4n) is 3.16. The van der Waals surface area contributed by atoms with Gasteiger partial charge in [0.2, 0.25) is 5.79 Å². The minimum atomic E-state index is -1.40. The molecule has 2 bridgehead atoms. The van der Waals surface area contributed by atoms with Crippen molar-refractivity contribution >= 4 is 52.0 Å². The van der Waals surface area contributed by atoms with Gasteiger partial charge in [-0.05, 0) is 17.2 Å². The summed E-state index contributed by atoms with van der Waals surface area (Å²) in [6.45, 7) is 0. The second kappa shape index (κ2) is 4.89. The Hall–Kier alpha value is -0.220. The average Bonchev–Trinajstić information content (AvgIpc) is 2.79. The van der Waals surface area contributed by atoms with E-state index in [-0.39, 0.29) is 10.1 Å². The van der Waals surface area contributed by atoms with Crippen LogP contribution >= 0.6 is 46.4 Å². The van der Waals surface area contributed by atoms with Gasteiger partial charge in [-0.15, -0.1) is 23.2 Å². The second-order valence-electron chi connectivity index (χ2n) is 4.95. The first-order valence-corrected chi connectivity index (χ1v) is 7.73. The summed E-state index contributed by atoms with van der Waals surface area (Å²) in [5.74, 6) is -1.40. The molecule has 0 amide bonds. The lowest BCUT2D eigenvalue weighted by atomic mass is 9.91. The van der Waals surface area contributed by atoms with E-state index in [0.717, 1.165) is 11.1 Å². The predicted molar refractivity (Wildman–Crippen MR) is 87.1 cm³/mol. The van der Waals surface area contributed by atoms with E-state index in [2.05, 4.69) is 0 Å². The van der Waals surface area contributed by atoms with Gasteiger partial charge in [0.05, 0.1) is 10.1 Å². The monoisotopic (exact) mass is 364 g/mol. The number of alkyl halides is 2. The average molecular weight is 366 g/mol. The second-order valence-corrected chi connectivity index (χ2v) is 6.87. The van der Waals surface area contributed by atoms with Crippen molar-refractivity contribution < 1.29 is 9.47 Å². The van der Waals surface area contributed by atoms with Gasteiger partial charge >= 0.3 is 0 Å². The van der Waals surface area contributed by atoms with Crippen LogP contribution in [0.15, 0.2) is 46.5 Å². The van der Waals surface area contributed by atoms with Crippen LogP contribution in [0.5, 0.6) is 0 Å². The van der Waals surface area contributed by atoms with Crippen LogP contribution in [0.1, 0.15) is 5.56 Å². The molecule has 6 heteroatoms. The lowest BCUT2D eigenvalue weighted by Gasteiger charge is -2.41. The van der Waals surface area contributed by atoms with Gasteiger partial charge in [-0.3, -0.25) is 0 Å². The van der Waals surface area contributed by atoms with Crippen molar-refractivity contribution in [3.8, 4) is 0 Å². The molecule has 2 unspecified atom stereocenters. The Balaban J connectivity index is 2.28. The summed E-state index contributed by atoms with van der Waals surface area (Å²) in [6, 6.07) is 9.57. The summed E-state index contributed by atoms with van der Waals surface area (Å²) in [6.07, 6.45) is 1.76. The SMILES string of the molecule is COC1(OC)C2(Cl)C=C(c3ccccc3)C1(Cl)C(Cl)=C2Cl. The molecule has 0 heterocycles. The van der Waals surface area contributed by atoms with Gasteiger partial charge in [0, 0.05) is 14.2 Å². The van der Waals surface area contributed by atoms with Gasteiger partial charge in [-0.2, -0.15) is 0 Å². The van der Waals surface area contributed by atoms with Crippen LogP contribution in [0.3, 0.4) is 0 Å². The number of fused-ring (bicyclic) bond motifs is 2. The Morgan fingerprint density at radius 2 is 1.48 bits per heavy atom. The summed E-state index contributed by atoms with van der Waals surface area (Å²) in [5, 5.41) is 0.454. The summed E-state index contributed by atoms with van der Waals surface area (Å²) in [4.78, 5) is -2.56. The van der Waals surface area contributed by atoms with Gasteiger partial charge in [-0.25, -0.2) is 0 Å². The van der Waals surface area contributed by atoms with E-state index in [1.807, 2.05) is 30.3 Å². The molecule has 0 N–H and O–H groups in total. The van der Waals surface area contributed by atoms with Crippen molar-refractivity contribution in [2.45, 2.75) is 15.5 Å². The molecule has 2 nitrogen and oxygen atoms in total. The molecular weight excluding hydrogens is 354 g/mol. The molecule has 112 valence electrons. The number of hydrogen-bond acceptors (Lipinski definition) is 2. The molecule has 2 atom stereocenters. The van der Waals surface area contributed by atoms with E-state index in [4.69, 9.17) is 55.9 Å². The standard InChI is InChI=1S/C15H12Cl4O2/c1-20-15(21-2)13(18)8-10(9-6-4-3-5-7-9)14(15,19)12(17)11(13)16/h3-8H,1-2H3. The van der Waals surface area contributed by atoms with Crippen LogP contribution in [-0.2, 0) is 9.47 Å². The molecule has 0 spiro atoms. The van der Waals surface area contributed by atoms with Gasteiger partial charge < -0.3 is 9.47 Å². The molecule has 0 saturated heterocycles. The van der Waals surface area contributed by atoms with Crippen molar-refractivity contribution in [1.82, 2.24) is 0 Å². The third-order valence-corrected chi connectivity index (χ3v) is 6.56. The zero-order valence-corrected chi connectivity index (χ0v) is 14.3. The molecule has 0 fully saturated rings. The van der Waals surface area contributed by atoms with Crippen LogP contribution in [0.4, 0.5) is 0 Å². The molecule has 1 aromatic carbocycles. The smallest absolute Gasteiger partial charge is 0.225 e. The van der Waals surface area contributed by atoms with Crippen molar-refractivity contribution in [2.24, 2.45) is 0 Å². The van der Waals surface area contributed by atoms with E-state index in [0.29, 0.717) is 0 Å². The van der Waals surface area contributed by atoms with E-state index in [9.17, 15) is 0 Å². The Morgan fingerprint density at radius 3 is 1.95 bits per heavy atom. The number of ether oxygens (including phenoxy) is 2. The van der Waals surface area contributed by atoms with Crippen LogP contribution in [0.2, 0.25) is 0 Å². The minimum absolute atomic E-state index is 0.226.